The van der Waals surface area contributed by atoms with Crippen LogP contribution in [0.4, 0.5) is 4.39 Å². The zero-order valence-electron chi connectivity index (χ0n) is 17.8. The van der Waals surface area contributed by atoms with Gasteiger partial charge in [-0.3, -0.25) is 4.90 Å². The smallest absolute Gasteiger partial charge is 0.127 e. The Labute approximate surface area is 182 Å². The van der Waals surface area contributed by atoms with Crippen molar-refractivity contribution in [1.82, 2.24) is 4.90 Å². The lowest BCUT2D eigenvalue weighted by Gasteiger charge is -2.25. The molecule has 3 aromatic carbocycles. The molecule has 0 aromatic heterocycles. The van der Waals surface area contributed by atoms with Crippen LogP contribution in [0.2, 0.25) is 0 Å². The third-order valence-electron chi connectivity index (χ3n) is 4.89. The Bertz CT molecular complexity index is 931. The molecule has 0 aliphatic rings. The number of halogens is 1. The fourth-order valence-electron chi connectivity index (χ4n) is 3.26. The predicted octanol–water partition coefficient (Wildman–Crippen LogP) is 4.29. The summed E-state index contributed by atoms with van der Waals surface area (Å²) >= 11 is 0. The van der Waals surface area contributed by atoms with Gasteiger partial charge in [0.25, 0.3) is 0 Å². The van der Waals surface area contributed by atoms with Gasteiger partial charge in [0.2, 0.25) is 0 Å². The Balaban J connectivity index is 1.64. The van der Waals surface area contributed by atoms with Gasteiger partial charge in [0.05, 0.1) is 14.2 Å². The SMILES string of the molecule is COc1ccc(CN(Cc2ccccc2F)C[C@H](O)COc2ccc(OC)cc2)cc1. The number of nitrogens with zero attached hydrogens (tertiary/aromatic N) is 1. The highest BCUT2D eigenvalue weighted by molar-refractivity contribution is 5.31. The van der Waals surface area contributed by atoms with E-state index >= 15 is 0 Å². The Hall–Kier alpha value is -3.09. The quantitative estimate of drug-likeness (QED) is 0.497. The Morgan fingerprint density at radius 1 is 0.806 bits per heavy atom. The molecule has 0 radical (unpaired) electrons. The lowest BCUT2D eigenvalue weighted by molar-refractivity contribution is 0.0624. The summed E-state index contributed by atoms with van der Waals surface area (Å²) in [5, 5.41) is 10.6. The molecule has 0 heterocycles. The number of rotatable bonds is 11. The number of ether oxygens (including phenoxy) is 3. The molecule has 5 nitrogen and oxygen atoms in total. The monoisotopic (exact) mass is 425 g/mol. The van der Waals surface area contributed by atoms with E-state index in [0.29, 0.717) is 30.9 Å². The summed E-state index contributed by atoms with van der Waals surface area (Å²) < 4.78 is 30.3. The first-order valence-electron chi connectivity index (χ1n) is 10.1. The molecule has 0 aliphatic heterocycles. The van der Waals surface area contributed by atoms with E-state index in [9.17, 15) is 9.50 Å². The minimum Gasteiger partial charge on any atom is -0.497 e. The topological polar surface area (TPSA) is 51.2 Å². The summed E-state index contributed by atoms with van der Waals surface area (Å²) in [7, 11) is 3.23. The van der Waals surface area contributed by atoms with E-state index in [4.69, 9.17) is 14.2 Å². The molecular formula is C25H28FNO4. The summed E-state index contributed by atoms with van der Waals surface area (Å²) in [6.07, 6.45) is -0.743. The van der Waals surface area contributed by atoms with Crippen LogP contribution < -0.4 is 14.2 Å². The molecule has 0 saturated carbocycles. The number of aliphatic hydroxyl groups excluding tert-OH is 1. The van der Waals surface area contributed by atoms with E-state index in [2.05, 4.69) is 0 Å². The van der Waals surface area contributed by atoms with Crippen LogP contribution >= 0.6 is 0 Å². The fraction of sp³-hybridized carbons (Fsp3) is 0.280. The molecule has 0 spiro atoms. The van der Waals surface area contributed by atoms with Crippen LogP contribution in [0.3, 0.4) is 0 Å². The largest absolute Gasteiger partial charge is 0.497 e. The maximum Gasteiger partial charge on any atom is 0.127 e. The van der Waals surface area contributed by atoms with Gasteiger partial charge in [0.1, 0.15) is 35.8 Å². The highest BCUT2D eigenvalue weighted by Gasteiger charge is 2.16. The van der Waals surface area contributed by atoms with Gasteiger partial charge in [0.15, 0.2) is 0 Å². The maximum atomic E-state index is 14.2. The van der Waals surface area contributed by atoms with E-state index in [-0.39, 0.29) is 12.4 Å². The van der Waals surface area contributed by atoms with Crippen LogP contribution in [0.25, 0.3) is 0 Å². The number of methoxy groups -OCH3 is 2. The second-order valence-corrected chi connectivity index (χ2v) is 7.25. The molecule has 164 valence electrons. The van der Waals surface area contributed by atoms with Crippen molar-refractivity contribution in [2.45, 2.75) is 19.2 Å². The third-order valence-corrected chi connectivity index (χ3v) is 4.89. The molecule has 6 heteroatoms. The molecule has 0 fully saturated rings. The summed E-state index contributed by atoms with van der Waals surface area (Å²) in [5.41, 5.74) is 1.62. The van der Waals surface area contributed by atoms with E-state index < -0.39 is 6.10 Å². The van der Waals surface area contributed by atoms with Crippen molar-refractivity contribution in [1.29, 1.82) is 0 Å². The van der Waals surface area contributed by atoms with Gasteiger partial charge in [-0.15, -0.1) is 0 Å². The van der Waals surface area contributed by atoms with Crippen LogP contribution in [0.1, 0.15) is 11.1 Å². The molecule has 0 saturated heterocycles. The van der Waals surface area contributed by atoms with E-state index in [0.717, 1.165) is 17.1 Å². The van der Waals surface area contributed by atoms with Crippen molar-refractivity contribution in [2.24, 2.45) is 0 Å². The highest BCUT2D eigenvalue weighted by atomic mass is 19.1. The van der Waals surface area contributed by atoms with E-state index in [1.165, 1.54) is 6.07 Å². The average molecular weight is 426 g/mol. The zero-order chi connectivity index (χ0) is 22.1. The van der Waals surface area contributed by atoms with Gasteiger partial charge in [0, 0.05) is 25.2 Å². The second kappa shape index (κ2) is 11.3. The number of hydrogen-bond donors (Lipinski definition) is 1. The highest BCUT2D eigenvalue weighted by Crippen LogP contribution is 2.19. The van der Waals surface area contributed by atoms with Crippen LogP contribution in [0.5, 0.6) is 17.2 Å². The van der Waals surface area contributed by atoms with Crippen molar-refractivity contribution in [3.63, 3.8) is 0 Å². The van der Waals surface area contributed by atoms with Crippen LogP contribution in [0.15, 0.2) is 72.8 Å². The van der Waals surface area contributed by atoms with Crippen LogP contribution in [-0.2, 0) is 13.1 Å². The van der Waals surface area contributed by atoms with Gasteiger partial charge in [-0.1, -0.05) is 30.3 Å². The Morgan fingerprint density at radius 2 is 1.39 bits per heavy atom. The Kier molecular flexibility index (Phi) is 8.27. The molecular weight excluding hydrogens is 397 g/mol. The number of benzene rings is 3. The van der Waals surface area contributed by atoms with Gasteiger partial charge in [-0.05, 0) is 48.0 Å². The first-order valence-corrected chi connectivity index (χ1v) is 10.1. The van der Waals surface area contributed by atoms with Gasteiger partial charge >= 0.3 is 0 Å². The lowest BCUT2D eigenvalue weighted by Crippen LogP contribution is -2.35. The van der Waals surface area contributed by atoms with Crippen molar-refractivity contribution in [3.05, 3.63) is 89.7 Å². The predicted molar refractivity (Wildman–Crippen MR) is 118 cm³/mol. The molecule has 3 aromatic rings. The first-order chi connectivity index (χ1) is 15.1. The first kappa shape index (κ1) is 22.6. The molecule has 31 heavy (non-hydrogen) atoms. The standard InChI is InChI=1S/C25H28FNO4/c1-29-22-9-7-19(8-10-22)15-27(16-20-5-3-4-6-25(20)26)17-21(28)18-31-24-13-11-23(30-2)12-14-24/h3-14,21,28H,15-18H2,1-2H3/t21-/m0/s1. The molecule has 0 aliphatic carbocycles. The van der Waals surface area contributed by atoms with Gasteiger partial charge in [-0.2, -0.15) is 0 Å². The maximum absolute atomic E-state index is 14.2. The summed E-state index contributed by atoms with van der Waals surface area (Å²) in [4.78, 5) is 2.00. The fourth-order valence-corrected chi connectivity index (χ4v) is 3.26. The molecule has 0 amide bonds. The minimum atomic E-state index is -0.743. The Morgan fingerprint density at radius 3 is 2.00 bits per heavy atom. The van der Waals surface area contributed by atoms with Crippen LogP contribution in [-0.4, -0.2) is 43.5 Å². The zero-order valence-corrected chi connectivity index (χ0v) is 17.8. The second-order valence-electron chi connectivity index (χ2n) is 7.25. The van der Waals surface area contributed by atoms with Crippen LogP contribution in [0, 0.1) is 5.82 Å². The van der Waals surface area contributed by atoms with Crippen molar-refractivity contribution in [3.8, 4) is 17.2 Å². The number of aliphatic hydroxyl groups is 1. The molecule has 1 atom stereocenters. The molecule has 0 bridgehead atoms. The summed E-state index contributed by atoms with van der Waals surface area (Å²) in [6, 6.07) is 21.6. The van der Waals surface area contributed by atoms with Crippen molar-refractivity contribution < 1.29 is 23.7 Å². The minimum absolute atomic E-state index is 0.128. The van der Waals surface area contributed by atoms with Crippen molar-refractivity contribution >= 4 is 0 Å². The summed E-state index contributed by atoms with van der Waals surface area (Å²) in [5.74, 6) is 1.91. The third kappa shape index (κ3) is 6.98. The van der Waals surface area contributed by atoms with Gasteiger partial charge < -0.3 is 19.3 Å². The van der Waals surface area contributed by atoms with Gasteiger partial charge in [-0.25, -0.2) is 4.39 Å². The molecule has 0 unspecified atom stereocenters. The van der Waals surface area contributed by atoms with Crippen molar-refractivity contribution in [2.75, 3.05) is 27.4 Å². The average Bonchev–Trinajstić information content (AvgIpc) is 2.80. The van der Waals surface area contributed by atoms with E-state index in [1.54, 1.807) is 50.6 Å². The lowest BCUT2D eigenvalue weighted by atomic mass is 10.1. The molecule has 3 rings (SSSR count). The molecule has 1 N–H and O–H groups in total. The summed E-state index contributed by atoms with van der Waals surface area (Å²) in [6.45, 7) is 1.38. The number of hydrogen-bond acceptors (Lipinski definition) is 5. The normalized spacial score (nSPS) is 11.9. The van der Waals surface area contributed by atoms with E-state index in [1.807, 2.05) is 35.2 Å².